The molecule has 0 radical (unpaired) electrons. The van der Waals surface area contributed by atoms with E-state index in [1.807, 2.05) is 52.0 Å². The fourth-order valence-electron chi connectivity index (χ4n) is 2.73. The number of alkyl carbamates (subject to hydrolysis) is 1. The molecule has 0 spiro atoms. The number of hydrogen-bond acceptors (Lipinski definition) is 4. The highest BCUT2D eigenvalue weighted by molar-refractivity contribution is 5.67. The number of aryl methyl sites for hydroxylation is 1. The van der Waals surface area contributed by atoms with Crippen molar-refractivity contribution >= 4 is 6.09 Å². The van der Waals surface area contributed by atoms with Gasteiger partial charge in [-0.2, -0.15) is 0 Å². The monoisotopic (exact) mass is 351 g/mol. The van der Waals surface area contributed by atoms with Crippen LogP contribution >= 0.6 is 0 Å². The molecule has 5 nitrogen and oxygen atoms in total. The number of methoxy groups -OCH3 is 1. The predicted molar refractivity (Wildman–Crippen MR) is 99.9 cm³/mol. The first kappa shape index (κ1) is 21.5. The normalized spacial score (nSPS) is 14.0. The summed E-state index contributed by atoms with van der Waals surface area (Å²) in [5.41, 5.74) is 1.11. The molecular formula is C20H33NO4. The molecule has 1 aromatic carbocycles. The lowest BCUT2D eigenvalue weighted by molar-refractivity contribution is 0.0499. The van der Waals surface area contributed by atoms with Gasteiger partial charge >= 0.3 is 6.09 Å². The van der Waals surface area contributed by atoms with Crippen LogP contribution in [0.2, 0.25) is 0 Å². The lowest BCUT2D eigenvalue weighted by atomic mass is 9.76. The number of ether oxygens (including phenoxy) is 2. The maximum absolute atomic E-state index is 12.0. The predicted octanol–water partition coefficient (Wildman–Crippen LogP) is 3.57. The second-order valence-corrected chi connectivity index (χ2v) is 7.61. The van der Waals surface area contributed by atoms with Crippen LogP contribution in [0, 0.1) is 6.92 Å². The van der Waals surface area contributed by atoms with Crippen LogP contribution in [0.4, 0.5) is 4.79 Å². The van der Waals surface area contributed by atoms with E-state index in [0.29, 0.717) is 13.2 Å². The van der Waals surface area contributed by atoms with E-state index in [2.05, 4.69) is 5.32 Å². The SMILES string of the molecule is COCCCCC(CO)(CNC(=O)OC(C)(C)C)c1ccc(C)cc1. The van der Waals surface area contributed by atoms with Gasteiger partial charge in [0.15, 0.2) is 0 Å². The van der Waals surface area contributed by atoms with Gasteiger partial charge in [-0.1, -0.05) is 36.2 Å². The van der Waals surface area contributed by atoms with Crippen molar-refractivity contribution in [3.05, 3.63) is 35.4 Å². The van der Waals surface area contributed by atoms with Gasteiger partial charge in [0, 0.05) is 25.7 Å². The molecule has 2 N–H and O–H groups in total. The zero-order valence-electron chi connectivity index (χ0n) is 16.2. The topological polar surface area (TPSA) is 67.8 Å². The molecule has 0 heterocycles. The van der Waals surface area contributed by atoms with Crippen molar-refractivity contribution in [2.75, 3.05) is 26.9 Å². The fourth-order valence-corrected chi connectivity index (χ4v) is 2.73. The zero-order chi connectivity index (χ0) is 18.9. The van der Waals surface area contributed by atoms with Gasteiger partial charge in [-0.15, -0.1) is 0 Å². The fraction of sp³-hybridized carbons (Fsp3) is 0.650. The number of unbranched alkanes of at least 4 members (excludes halogenated alkanes) is 1. The van der Waals surface area contributed by atoms with Gasteiger partial charge in [0.2, 0.25) is 0 Å². The van der Waals surface area contributed by atoms with E-state index in [0.717, 1.165) is 30.4 Å². The highest BCUT2D eigenvalue weighted by atomic mass is 16.6. The minimum absolute atomic E-state index is 0.0428. The highest BCUT2D eigenvalue weighted by Crippen LogP contribution is 2.30. The number of amides is 1. The Labute approximate surface area is 151 Å². The van der Waals surface area contributed by atoms with Crippen molar-refractivity contribution in [3.8, 4) is 0 Å². The van der Waals surface area contributed by atoms with Crippen LogP contribution in [0.5, 0.6) is 0 Å². The number of nitrogens with one attached hydrogen (secondary N) is 1. The Bertz CT molecular complexity index is 521. The third-order valence-electron chi connectivity index (χ3n) is 4.19. The van der Waals surface area contributed by atoms with Crippen molar-refractivity contribution in [3.63, 3.8) is 0 Å². The minimum Gasteiger partial charge on any atom is -0.444 e. The van der Waals surface area contributed by atoms with Gasteiger partial charge < -0.3 is 19.9 Å². The Balaban J connectivity index is 2.88. The molecule has 1 amide bonds. The van der Waals surface area contributed by atoms with Crippen molar-refractivity contribution in [2.24, 2.45) is 0 Å². The second kappa shape index (κ2) is 9.78. The van der Waals surface area contributed by atoms with Gasteiger partial charge in [-0.05, 0) is 46.1 Å². The van der Waals surface area contributed by atoms with E-state index in [1.165, 1.54) is 0 Å². The Morgan fingerprint density at radius 1 is 1.16 bits per heavy atom. The molecule has 1 aromatic rings. The minimum atomic E-state index is -0.547. The Morgan fingerprint density at radius 2 is 1.80 bits per heavy atom. The number of aliphatic hydroxyl groups excluding tert-OH is 1. The summed E-state index contributed by atoms with van der Waals surface area (Å²) in [6, 6.07) is 8.11. The smallest absolute Gasteiger partial charge is 0.407 e. The highest BCUT2D eigenvalue weighted by Gasteiger charge is 2.32. The number of carbonyl (C=O) groups excluding carboxylic acids is 1. The van der Waals surface area contributed by atoms with Crippen molar-refractivity contribution in [1.29, 1.82) is 0 Å². The van der Waals surface area contributed by atoms with E-state index >= 15 is 0 Å². The lowest BCUT2D eigenvalue weighted by Gasteiger charge is -2.33. The number of benzene rings is 1. The summed E-state index contributed by atoms with van der Waals surface area (Å²) in [6.07, 6.45) is 2.11. The van der Waals surface area contributed by atoms with Gasteiger partial charge in [-0.25, -0.2) is 4.79 Å². The number of carbonyl (C=O) groups is 1. The van der Waals surface area contributed by atoms with Crippen molar-refractivity contribution < 1.29 is 19.4 Å². The van der Waals surface area contributed by atoms with E-state index in [1.54, 1.807) is 7.11 Å². The first-order valence-corrected chi connectivity index (χ1v) is 8.86. The van der Waals surface area contributed by atoms with Gasteiger partial charge in [0.05, 0.1) is 6.61 Å². The lowest BCUT2D eigenvalue weighted by Crippen LogP contribution is -2.45. The van der Waals surface area contributed by atoms with Crippen LogP contribution in [0.3, 0.4) is 0 Å². The Kier molecular flexibility index (Phi) is 8.39. The summed E-state index contributed by atoms with van der Waals surface area (Å²) >= 11 is 0. The van der Waals surface area contributed by atoms with Crippen LogP contribution in [-0.4, -0.2) is 43.7 Å². The van der Waals surface area contributed by atoms with Crippen LogP contribution in [0.25, 0.3) is 0 Å². The molecule has 0 saturated heterocycles. The number of hydrogen-bond donors (Lipinski definition) is 2. The number of aliphatic hydroxyl groups is 1. The molecule has 1 unspecified atom stereocenters. The summed E-state index contributed by atoms with van der Waals surface area (Å²) in [5.74, 6) is 0. The van der Waals surface area contributed by atoms with Gasteiger partial charge in [0.25, 0.3) is 0 Å². The maximum atomic E-state index is 12.0. The molecule has 0 aliphatic rings. The molecule has 0 aliphatic carbocycles. The average Bonchev–Trinajstić information content (AvgIpc) is 2.54. The standard InChI is InChI=1S/C20H33NO4/c1-16-8-10-17(11-9-16)20(15-22,12-6-7-13-24-5)14-21-18(23)25-19(2,3)4/h8-11,22H,6-7,12-15H2,1-5H3,(H,21,23). The Morgan fingerprint density at radius 3 is 2.32 bits per heavy atom. The summed E-state index contributed by atoms with van der Waals surface area (Å²) in [7, 11) is 1.68. The average molecular weight is 351 g/mol. The molecular weight excluding hydrogens is 318 g/mol. The molecule has 0 bridgehead atoms. The van der Waals surface area contributed by atoms with E-state index in [4.69, 9.17) is 9.47 Å². The molecule has 0 fully saturated rings. The molecule has 5 heteroatoms. The summed E-state index contributed by atoms with van der Waals surface area (Å²) in [6.45, 7) is 8.49. The van der Waals surface area contributed by atoms with Crippen LogP contribution < -0.4 is 5.32 Å². The number of rotatable bonds is 9. The largest absolute Gasteiger partial charge is 0.444 e. The Hall–Kier alpha value is -1.59. The maximum Gasteiger partial charge on any atom is 0.407 e. The van der Waals surface area contributed by atoms with Crippen LogP contribution in [-0.2, 0) is 14.9 Å². The summed E-state index contributed by atoms with van der Waals surface area (Å²) < 4.78 is 10.4. The van der Waals surface area contributed by atoms with Crippen molar-refractivity contribution in [2.45, 2.75) is 58.0 Å². The second-order valence-electron chi connectivity index (χ2n) is 7.61. The zero-order valence-corrected chi connectivity index (χ0v) is 16.2. The molecule has 0 saturated carbocycles. The third-order valence-corrected chi connectivity index (χ3v) is 4.19. The molecule has 0 aromatic heterocycles. The van der Waals surface area contributed by atoms with Gasteiger partial charge in [-0.3, -0.25) is 0 Å². The molecule has 1 atom stereocenters. The molecule has 0 aliphatic heterocycles. The third kappa shape index (κ3) is 7.45. The van der Waals surface area contributed by atoms with E-state index < -0.39 is 17.1 Å². The summed E-state index contributed by atoms with van der Waals surface area (Å²) in [5, 5.41) is 13.0. The first-order chi connectivity index (χ1) is 11.7. The van der Waals surface area contributed by atoms with Crippen LogP contribution in [0.15, 0.2) is 24.3 Å². The van der Waals surface area contributed by atoms with Crippen molar-refractivity contribution in [1.82, 2.24) is 5.32 Å². The summed E-state index contributed by atoms with van der Waals surface area (Å²) in [4.78, 5) is 12.0. The van der Waals surface area contributed by atoms with Gasteiger partial charge in [0.1, 0.15) is 5.60 Å². The molecule has 25 heavy (non-hydrogen) atoms. The van der Waals surface area contributed by atoms with Crippen LogP contribution in [0.1, 0.15) is 51.2 Å². The van der Waals surface area contributed by atoms with E-state index in [9.17, 15) is 9.90 Å². The molecule has 142 valence electrons. The van der Waals surface area contributed by atoms with E-state index in [-0.39, 0.29) is 6.61 Å². The first-order valence-electron chi connectivity index (χ1n) is 8.86. The molecule has 1 rings (SSSR count). The quantitative estimate of drug-likeness (QED) is 0.668.